The molecule has 1 N–H and O–H groups in total. The minimum Gasteiger partial charge on any atom is -0.355 e. The summed E-state index contributed by atoms with van der Waals surface area (Å²) in [5, 5.41) is 4.31. The van der Waals surface area contributed by atoms with Gasteiger partial charge in [0, 0.05) is 18.0 Å². The fraction of sp³-hybridized carbons (Fsp3) is 0.375. The summed E-state index contributed by atoms with van der Waals surface area (Å²) in [5.41, 5.74) is 2.37. The summed E-state index contributed by atoms with van der Waals surface area (Å²) in [7, 11) is 0. The van der Waals surface area contributed by atoms with Crippen LogP contribution in [0.25, 0.3) is 10.2 Å². The van der Waals surface area contributed by atoms with Crippen LogP contribution in [0.5, 0.6) is 0 Å². The van der Waals surface area contributed by atoms with Crippen LogP contribution in [0.1, 0.15) is 29.3 Å². The number of thiophene rings is 1. The maximum absolute atomic E-state index is 13.3. The Labute approximate surface area is 190 Å². The fourth-order valence-electron chi connectivity index (χ4n) is 3.98. The van der Waals surface area contributed by atoms with Crippen molar-refractivity contribution in [3.05, 3.63) is 69.3 Å². The molecular formula is C24H27N3O2S2. The van der Waals surface area contributed by atoms with E-state index in [2.05, 4.69) is 31.0 Å². The van der Waals surface area contributed by atoms with Gasteiger partial charge in [0.05, 0.1) is 11.1 Å². The predicted molar refractivity (Wildman–Crippen MR) is 129 cm³/mol. The van der Waals surface area contributed by atoms with E-state index < -0.39 is 0 Å². The number of carbonyl (C=O) groups is 1. The zero-order valence-electron chi connectivity index (χ0n) is 17.7. The van der Waals surface area contributed by atoms with Crippen molar-refractivity contribution in [2.45, 2.75) is 44.3 Å². The summed E-state index contributed by atoms with van der Waals surface area (Å²) in [5.74, 6) is 0.815. The number of nitrogens with one attached hydrogen (secondary N) is 1. The number of hydrogen-bond acceptors (Lipinski definition) is 5. The lowest BCUT2D eigenvalue weighted by molar-refractivity contribution is -0.118. The number of benzene rings is 1. The number of fused-ring (bicyclic) bond motifs is 3. The molecule has 1 aromatic carbocycles. The Bertz CT molecular complexity index is 1150. The summed E-state index contributed by atoms with van der Waals surface area (Å²) in [6, 6.07) is 10.1. The van der Waals surface area contributed by atoms with Gasteiger partial charge in [0.25, 0.3) is 5.56 Å². The molecule has 0 bridgehead atoms. The highest BCUT2D eigenvalue weighted by Crippen LogP contribution is 2.36. The van der Waals surface area contributed by atoms with Crippen molar-refractivity contribution in [2.24, 2.45) is 5.92 Å². The van der Waals surface area contributed by atoms with Crippen molar-refractivity contribution < 1.29 is 4.79 Å². The molecule has 162 valence electrons. The van der Waals surface area contributed by atoms with Gasteiger partial charge in [-0.3, -0.25) is 14.2 Å². The number of amides is 1. The third kappa shape index (κ3) is 4.93. The number of nitrogens with zero attached hydrogens (tertiary/aromatic N) is 2. The lowest BCUT2D eigenvalue weighted by Crippen LogP contribution is -2.28. The first-order chi connectivity index (χ1) is 15.1. The molecule has 0 aliphatic heterocycles. The van der Waals surface area contributed by atoms with Crippen LogP contribution in [0, 0.1) is 5.92 Å². The number of aryl methyl sites for hydroxylation is 1. The monoisotopic (exact) mass is 453 g/mol. The molecule has 0 fully saturated rings. The van der Waals surface area contributed by atoms with E-state index in [1.807, 2.05) is 18.2 Å². The second-order valence-electron chi connectivity index (χ2n) is 8.00. The molecule has 1 amide bonds. The smallest absolute Gasteiger partial charge is 0.263 e. The minimum absolute atomic E-state index is 0.0102. The van der Waals surface area contributed by atoms with E-state index in [1.54, 1.807) is 22.0 Å². The Morgan fingerprint density at radius 3 is 2.97 bits per heavy atom. The van der Waals surface area contributed by atoms with Gasteiger partial charge in [-0.25, -0.2) is 4.98 Å². The molecule has 5 nitrogen and oxygen atoms in total. The van der Waals surface area contributed by atoms with Crippen molar-refractivity contribution >= 4 is 39.2 Å². The van der Waals surface area contributed by atoms with Gasteiger partial charge in [-0.1, -0.05) is 55.1 Å². The molecule has 1 atom stereocenters. The Morgan fingerprint density at radius 1 is 1.39 bits per heavy atom. The average Bonchev–Trinajstić information content (AvgIpc) is 3.12. The van der Waals surface area contributed by atoms with Gasteiger partial charge in [0.2, 0.25) is 5.91 Å². The number of carbonyl (C=O) groups excluding carboxylic acids is 1. The Balaban J connectivity index is 1.49. The van der Waals surface area contributed by atoms with Gasteiger partial charge in [-0.15, -0.1) is 17.9 Å². The maximum atomic E-state index is 13.3. The second-order valence-corrected chi connectivity index (χ2v) is 10.0. The summed E-state index contributed by atoms with van der Waals surface area (Å²) < 4.78 is 1.66. The number of hydrogen-bond donors (Lipinski definition) is 1. The van der Waals surface area contributed by atoms with Crippen LogP contribution in [0.3, 0.4) is 0 Å². The molecule has 1 aliphatic carbocycles. The molecule has 2 aromatic heterocycles. The zero-order chi connectivity index (χ0) is 21.8. The van der Waals surface area contributed by atoms with E-state index >= 15 is 0 Å². The van der Waals surface area contributed by atoms with Crippen molar-refractivity contribution in [3.63, 3.8) is 0 Å². The van der Waals surface area contributed by atoms with Crippen LogP contribution in [0.2, 0.25) is 0 Å². The van der Waals surface area contributed by atoms with Crippen molar-refractivity contribution in [2.75, 3.05) is 12.3 Å². The zero-order valence-corrected chi connectivity index (χ0v) is 19.4. The summed E-state index contributed by atoms with van der Waals surface area (Å²) in [4.78, 5) is 32.5. The lowest BCUT2D eigenvalue weighted by Gasteiger charge is -2.17. The van der Waals surface area contributed by atoms with Gasteiger partial charge in [-0.05, 0) is 42.7 Å². The summed E-state index contributed by atoms with van der Waals surface area (Å²) in [6.07, 6.45) is 5.57. The predicted octanol–water partition coefficient (Wildman–Crippen LogP) is 4.22. The van der Waals surface area contributed by atoms with Gasteiger partial charge < -0.3 is 5.32 Å². The highest BCUT2D eigenvalue weighted by molar-refractivity contribution is 7.99. The number of allylic oxidation sites excluding steroid dienone is 1. The molecule has 31 heavy (non-hydrogen) atoms. The molecule has 0 saturated heterocycles. The van der Waals surface area contributed by atoms with Crippen LogP contribution in [0.4, 0.5) is 0 Å². The molecule has 0 spiro atoms. The van der Waals surface area contributed by atoms with Gasteiger partial charge in [0.15, 0.2) is 5.16 Å². The Hall–Kier alpha value is -2.38. The molecule has 2 heterocycles. The van der Waals surface area contributed by atoms with Crippen molar-refractivity contribution in [1.82, 2.24) is 14.9 Å². The van der Waals surface area contributed by atoms with Gasteiger partial charge in [-0.2, -0.15) is 0 Å². The van der Waals surface area contributed by atoms with Crippen LogP contribution < -0.4 is 10.9 Å². The summed E-state index contributed by atoms with van der Waals surface area (Å²) >= 11 is 2.96. The summed E-state index contributed by atoms with van der Waals surface area (Å²) in [6.45, 7) is 7.03. The largest absolute Gasteiger partial charge is 0.355 e. The molecular weight excluding hydrogens is 426 g/mol. The third-order valence-electron chi connectivity index (χ3n) is 5.60. The molecule has 1 unspecified atom stereocenters. The van der Waals surface area contributed by atoms with Crippen LogP contribution in [-0.4, -0.2) is 27.8 Å². The maximum Gasteiger partial charge on any atom is 0.263 e. The number of aromatic nitrogens is 2. The first kappa shape index (κ1) is 21.8. The average molecular weight is 454 g/mol. The molecule has 4 rings (SSSR count). The highest BCUT2D eigenvalue weighted by atomic mass is 32.2. The van der Waals surface area contributed by atoms with Crippen LogP contribution >= 0.6 is 23.1 Å². The Kier molecular flexibility index (Phi) is 6.92. The first-order valence-electron chi connectivity index (χ1n) is 10.7. The van der Waals surface area contributed by atoms with Crippen molar-refractivity contribution in [1.29, 1.82) is 0 Å². The topological polar surface area (TPSA) is 64.0 Å². The van der Waals surface area contributed by atoms with E-state index in [9.17, 15) is 9.59 Å². The lowest BCUT2D eigenvalue weighted by atomic mass is 9.89. The highest BCUT2D eigenvalue weighted by Gasteiger charge is 2.24. The molecule has 0 saturated carbocycles. The minimum atomic E-state index is -0.0558. The van der Waals surface area contributed by atoms with Gasteiger partial charge >= 0.3 is 0 Å². The number of thioether (sulfide) groups is 1. The molecule has 7 heteroatoms. The quantitative estimate of drug-likeness (QED) is 0.315. The number of rotatable bonds is 8. The van der Waals surface area contributed by atoms with E-state index in [-0.39, 0.29) is 17.2 Å². The molecule has 1 aliphatic rings. The van der Waals surface area contributed by atoms with E-state index in [4.69, 9.17) is 4.98 Å². The van der Waals surface area contributed by atoms with E-state index in [1.165, 1.54) is 27.8 Å². The van der Waals surface area contributed by atoms with E-state index in [0.29, 0.717) is 24.2 Å². The standard InChI is InChI=1S/C24H27N3O2S2/c1-3-13-27-23(29)21-18-10-9-16(2)14-19(18)31-22(21)26-24(27)30-15-20(28)25-12-11-17-7-5-4-6-8-17/h3-8,16H,1,9-15H2,2H3,(H,25,28). The van der Waals surface area contributed by atoms with Crippen molar-refractivity contribution in [3.8, 4) is 0 Å². The Morgan fingerprint density at radius 2 is 2.19 bits per heavy atom. The SMILES string of the molecule is C=CCn1c(SCC(=O)NCCc2ccccc2)nc2sc3c(c2c1=O)CCC(C)C3. The van der Waals surface area contributed by atoms with Crippen LogP contribution in [-0.2, 0) is 30.6 Å². The van der Waals surface area contributed by atoms with E-state index in [0.717, 1.165) is 35.9 Å². The second kappa shape index (κ2) is 9.83. The van der Waals surface area contributed by atoms with Crippen LogP contribution in [0.15, 0.2) is 52.9 Å². The normalized spacial score (nSPS) is 15.6. The first-order valence-corrected chi connectivity index (χ1v) is 12.5. The fourth-order valence-corrected chi connectivity index (χ4v) is 6.24. The molecule has 3 aromatic rings. The third-order valence-corrected chi connectivity index (χ3v) is 7.73. The molecule has 0 radical (unpaired) electrons. The van der Waals surface area contributed by atoms with Gasteiger partial charge in [0.1, 0.15) is 4.83 Å².